The number of rotatable bonds is 5. The molecule has 5 rings (SSSR count). The summed E-state index contributed by atoms with van der Waals surface area (Å²) in [6.07, 6.45) is 1.77. The van der Waals surface area contributed by atoms with Crippen LogP contribution in [-0.2, 0) is 4.74 Å². The summed E-state index contributed by atoms with van der Waals surface area (Å²) >= 11 is 1.41. The fraction of sp³-hybridized carbons (Fsp3) is 0.154. The average molecular weight is 477 g/mol. The molecule has 0 N–H and O–H groups in total. The zero-order valence-corrected chi connectivity index (χ0v) is 19.1. The van der Waals surface area contributed by atoms with E-state index in [-0.39, 0.29) is 11.6 Å². The van der Waals surface area contributed by atoms with Crippen LogP contribution < -0.4 is 9.70 Å². The molecule has 0 saturated carbocycles. The second kappa shape index (κ2) is 10.1. The van der Waals surface area contributed by atoms with Crippen molar-refractivity contribution >= 4 is 28.9 Å². The number of benzene rings is 3. The molecular weight excluding hydrogens is 454 g/mol. The molecule has 0 atom stereocenters. The summed E-state index contributed by atoms with van der Waals surface area (Å²) in [5.41, 5.74) is 4.31. The molecule has 0 bridgehead atoms. The summed E-state index contributed by atoms with van der Waals surface area (Å²) in [6, 6.07) is 20.4. The summed E-state index contributed by atoms with van der Waals surface area (Å²) in [4.78, 5) is 7.56. The average Bonchev–Trinajstić information content (AvgIpc) is 3.27. The Morgan fingerprint density at radius 1 is 0.824 bits per heavy atom. The number of aromatic nitrogens is 1. The van der Waals surface area contributed by atoms with Gasteiger partial charge in [-0.1, -0.05) is 12.1 Å². The highest BCUT2D eigenvalue weighted by molar-refractivity contribution is 7.07. The molecule has 0 aliphatic carbocycles. The van der Waals surface area contributed by atoms with Crippen molar-refractivity contribution in [3.63, 3.8) is 0 Å². The first kappa shape index (κ1) is 22.2. The van der Waals surface area contributed by atoms with E-state index in [1.165, 1.54) is 35.6 Å². The van der Waals surface area contributed by atoms with E-state index in [4.69, 9.17) is 9.84 Å². The smallest absolute Gasteiger partial charge is 0.211 e. The van der Waals surface area contributed by atoms with Gasteiger partial charge in [0.2, 0.25) is 4.80 Å². The molecule has 1 fully saturated rings. The van der Waals surface area contributed by atoms with Gasteiger partial charge in [0, 0.05) is 29.7 Å². The Balaban J connectivity index is 1.49. The third kappa shape index (κ3) is 5.13. The molecule has 0 unspecified atom stereocenters. The standard InChI is InChI=1S/C26H22F2N4OS/c27-21-5-3-20(4-6-21)25-18-34-26(30-23-9-7-22(28)8-10-23)32(25)29-17-19-1-11-24(12-2-19)31-13-15-33-16-14-31/h1-12,17-18H,13-16H2. The van der Waals surface area contributed by atoms with Crippen molar-refractivity contribution in [3.8, 4) is 11.3 Å². The molecule has 0 radical (unpaired) electrons. The van der Waals surface area contributed by atoms with Crippen molar-refractivity contribution in [1.82, 2.24) is 4.68 Å². The Hall–Kier alpha value is -3.62. The maximum Gasteiger partial charge on any atom is 0.211 e. The minimum absolute atomic E-state index is 0.300. The van der Waals surface area contributed by atoms with Crippen LogP contribution >= 0.6 is 11.3 Å². The molecule has 1 aliphatic rings. The van der Waals surface area contributed by atoms with Crippen LogP contribution in [0.15, 0.2) is 88.3 Å². The largest absolute Gasteiger partial charge is 0.378 e. The van der Waals surface area contributed by atoms with Crippen LogP contribution in [0.4, 0.5) is 20.2 Å². The van der Waals surface area contributed by atoms with Crippen molar-refractivity contribution < 1.29 is 13.5 Å². The maximum absolute atomic E-state index is 13.5. The van der Waals surface area contributed by atoms with Gasteiger partial charge >= 0.3 is 0 Å². The topological polar surface area (TPSA) is 42.1 Å². The zero-order valence-electron chi connectivity index (χ0n) is 18.3. The van der Waals surface area contributed by atoms with Gasteiger partial charge in [0.05, 0.1) is 30.8 Å². The molecule has 34 heavy (non-hydrogen) atoms. The van der Waals surface area contributed by atoms with Gasteiger partial charge in [-0.25, -0.2) is 18.4 Å². The van der Waals surface area contributed by atoms with E-state index >= 15 is 0 Å². The van der Waals surface area contributed by atoms with Gasteiger partial charge in [-0.15, -0.1) is 11.3 Å². The molecule has 1 aliphatic heterocycles. The Labute approximate surface area is 199 Å². The van der Waals surface area contributed by atoms with Crippen LogP contribution in [-0.4, -0.2) is 37.2 Å². The van der Waals surface area contributed by atoms with Crippen LogP contribution in [0.2, 0.25) is 0 Å². The van der Waals surface area contributed by atoms with Gasteiger partial charge in [0.1, 0.15) is 11.6 Å². The quantitative estimate of drug-likeness (QED) is 0.360. The first-order chi connectivity index (χ1) is 16.7. The Bertz CT molecular complexity index is 1340. The fourth-order valence-corrected chi connectivity index (χ4v) is 4.51. The zero-order chi connectivity index (χ0) is 23.3. The summed E-state index contributed by atoms with van der Waals surface area (Å²) in [7, 11) is 0. The number of halogens is 2. The second-order valence-electron chi connectivity index (χ2n) is 7.75. The fourth-order valence-electron chi connectivity index (χ4n) is 3.65. The normalized spacial score (nSPS) is 14.8. The van der Waals surface area contributed by atoms with Gasteiger partial charge in [-0.2, -0.15) is 5.10 Å². The van der Waals surface area contributed by atoms with E-state index < -0.39 is 0 Å². The second-order valence-corrected chi connectivity index (χ2v) is 8.58. The molecule has 5 nitrogen and oxygen atoms in total. The molecule has 1 saturated heterocycles. The highest BCUT2D eigenvalue weighted by Gasteiger charge is 2.11. The van der Waals surface area contributed by atoms with Crippen LogP contribution in [0.3, 0.4) is 0 Å². The van der Waals surface area contributed by atoms with Crippen molar-refractivity contribution in [3.05, 3.63) is 100 Å². The monoisotopic (exact) mass is 476 g/mol. The molecule has 1 aromatic heterocycles. The van der Waals surface area contributed by atoms with Gasteiger partial charge in [-0.05, 0) is 66.2 Å². The van der Waals surface area contributed by atoms with Crippen molar-refractivity contribution in [2.45, 2.75) is 0 Å². The lowest BCUT2D eigenvalue weighted by molar-refractivity contribution is 0.122. The molecule has 0 amide bonds. The van der Waals surface area contributed by atoms with E-state index in [1.54, 1.807) is 35.2 Å². The van der Waals surface area contributed by atoms with E-state index in [1.807, 2.05) is 17.5 Å². The minimum atomic E-state index is -0.316. The SMILES string of the molecule is Fc1ccc(N=c2scc(-c3ccc(F)cc3)n2N=Cc2ccc(N3CCOCC3)cc2)cc1. The van der Waals surface area contributed by atoms with E-state index in [0.717, 1.165) is 48.8 Å². The number of hydrogen-bond donors (Lipinski definition) is 0. The van der Waals surface area contributed by atoms with E-state index in [9.17, 15) is 8.78 Å². The molecule has 172 valence electrons. The highest BCUT2D eigenvalue weighted by Crippen LogP contribution is 2.22. The van der Waals surface area contributed by atoms with Crippen LogP contribution in [0.25, 0.3) is 11.3 Å². The predicted octanol–water partition coefficient (Wildman–Crippen LogP) is 5.45. The number of anilines is 1. The van der Waals surface area contributed by atoms with E-state index in [0.29, 0.717) is 10.5 Å². The highest BCUT2D eigenvalue weighted by atomic mass is 32.1. The third-order valence-electron chi connectivity index (χ3n) is 5.47. The first-order valence-corrected chi connectivity index (χ1v) is 11.8. The molecular formula is C26H22F2N4OS. The Kier molecular flexibility index (Phi) is 6.60. The van der Waals surface area contributed by atoms with Crippen LogP contribution in [0, 0.1) is 11.6 Å². The number of ether oxygens (including phenoxy) is 1. The van der Waals surface area contributed by atoms with Crippen LogP contribution in [0.1, 0.15) is 5.56 Å². The van der Waals surface area contributed by atoms with Crippen molar-refractivity contribution in [1.29, 1.82) is 0 Å². The first-order valence-electron chi connectivity index (χ1n) is 10.9. The minimum Gasteiger partial charge on any atom is -0.378 e. The lowest BCUT2D eigenvalue weighted by Gasteiger charge is -2.28. The molecule has 0 spiro atoms. The summed E-state index contributed by atoms with van der Waals surface area (Å²) < 4.78 is 33.9. The number of nitrogens with zero attached hydrogens (tertiary/aromatic N) is 4. The third-order valence-corrected chi connectivity index (χ3v) is 6.28. The maximum atomic E-state index is 13.5. The van der Waals surface area contributed by atoms with E-state index in [2.05, 4.69) is 22.0 Å². The van der Waals surface area contributed by atoms with Crippen molar-refractivity contribution in [2.75, 3.05) is 31.2 Å². The molecule has 8 heteroatoms. The summed E-state index contributed by atoms with van der Waals surface area (Å²) in [6.45, 7) is 3.25. The molecule has 3 aromatic carbocycles. The number of thiazole rings is 1. The molecule has 2 heterocycles. The lowest BCUT2D eigenvalue weighted by Crippen LogP contribution is -2.36. The molecule has 4 aromatic rings. The lowest BCUT2D eigenvalue weighted by atomic mass is 10.2. The van der Waals surface area contributed by atoms with Gasteiger partial charge in [-0.3, -0.25) is 0 Å². The van der Waals surface area contributed by atoms with Gasteiger partial charge in [0.15, 0.2) is 0 Å². The summed E-state index contributed by atoms with van der Waals surface area (Å²) in [5, 5.41) is 6.62. The van der Waals surface area contributed by atoms with Gasteiger partial charge < -0.3 is 9.64 Å². The van der Waals surface area contributed by atoms with Gasteiger partial charge in [0.25, 0.3) is 0 Å². The predicted molar refractivity (Wildman–Crippen MR) is 132 cm³/mol. The Morgan fingerprint density at radius 2 is 1.47 bits per heavy atom. The number of hydrogen-bond acceptors (Lipinski definition) is 5. The summed E-state index contributed by atoms with van der Waals surface area (Å²) in [5.74, 6) is -0.617. The Morgan fingerprint density at radius 3 is 2.15 bits per heavy atom. The van der Waals surface area contributed by atoms with Crippen LogP contribution in [0.5, 0.6) is 0 Å². The number of morpholine rings is 1. The van der Waals surface area contributed by atoms with Crippen molar-refractivity contribution in [2.24, 2.45) is 10.1 Å².